The van der Waals surface area contributed by atoms with Gasteiger partial charge in [0.2, 0.25) is 0 Å². The number of carbonyl (C=O) groups excluding carboxylic acids is 1. The number of amides is 1. The summed E-state index contributed by atoms with van der Waals surface area (Å²) in [5, 5.41) is 0. The van der Waals surface area contributed by atoms with Crippen molar-refractivity contribution < 1.29 is 4.79 Å². The zero-order valence-corrected chi connectivity index (χ0v) is 14.1. The summed E-state index contributed by atoms with van der Waals surface area (Å²) in [6, 6.07) is 7.71. The molecule has 1 rings (SSSR count). The van der Waals surface area contributed by atoms with E-state index in [9.17, 15) is 4.79 Å². The first-order valence-corrected chi connectivity index (χ1v) is 7.19. The molecule has 0 fully saturated rings. The number of rotatable bonds is 3. The van der Waals surface area contributed by atoms with Crippen molar-refractivity contribution in [2.45, 2.75) is 13.8 Å². The fourth-order valence-electron chi connectivity index (χ4n) is 1.35. The largest absolute Gasteiger partial charge is 0.312 e. The van der Waals surface area contributed by atoms with Crippen LogP contribution in [0, 0.1) is 0 Å². The first-order valence-electron chi connectivity index (χ1n) is 6.14. The Morgan fingerprint density at radius 3 is 1.94 bits per heavy atom. The van der Waals surface area contributed by atoms with Gasteiger partial charge < -0.3 is 4.90 Å². The molecule has 1 amide bonds. The molecule has 18 heavy (non-hydrogen) atoms. The van der Waals surface area contributed by atoms with Crippen molar-refractivity contribution in [3.8, 4) is 0 Å². The van der Waals surface area contributed by atoms with Gasteiger partial charge in [0.1, 0.15) is 0 Å². The molecule has 3 nitrogen and oxygen atoms in total. The van der Waals surface area contributed by atoms with Crippen molar-refractivity contribution >= 4 is 26.8 Å². The van der Waals surface area contributed by atoms with Crippen LogP contribution < -0.4 is 4.40 Å². The van der Waals surface area contributed by atoms with E-state index < -0.39 is 0 Å². The zero-order chi connectivity index (χ0) is 14.1. The second-order valence-electron chi connectivity index (χ2n) is 4.36. The summed E-state index contributed by atoms with van der Waals surface area (Å²) in [5.74, 6) is 0.133. The molecule has 99 valence electrons. The van der Waals surface area contributed by atoms with Gasteiger partial charge >= 0.3 is 93.3 Å². The van der Waals surface area contributed by atoms with Gasteiger partial charge in [0.15, 0.2) is 0 Å². The Morgan fingerprint density at radius 1 is 1.11 bits per heavy atom. The molecule has 3 radical (unpaired) electrons. The molecule has 0 aromatic heterocycles. The van der Waals surface area contributed by atoms with E-state index in [4.69, 9.17) is 0 Å². The quantitative estimate of drug-likeness (QED) is 0.782. The Labute approximate surface area is 119 Å². The van der Waals surface area contributed by atoms with Crippen molar-refractivity contribution in [2.24, 2.45) is 0 Å². The van der Waals surface area contributed by atoms with E-state index in [0.29, 0.717) is 0 Å². The number of nitrogens with zero attached hydrogens (tertiary/aromatic N) is 2. The normalized spacial score (nSPS) is 9.72. The van der Waals surface area contributed by atoms with Crippen LogP contribution in [0.5, 0.6) is 0 Å². The minimum atomic E-state index is 0.133. The van der Waals surface area contributed by atoms with Crippen molar-refractivity contribution in [1.29, 1.82) is 0 Å². The first kappa shape index (κ1) is 17.2. The van der Waals surface area contributed by atoms with Crippen molar-refractivity contribution in [3.63, 3.8) is 0 Å². The van der Waals surface area contributed by atoms with Gasteiger partial charge in [-0.2, -0.15) is 0 Å². The van der Waals surface area contributed by atoms with Crippen LogP contribution >= 0.6 is 0 Å². The van der Waals surface area contributed by atoms with Gasteiger partial charge in [0.25, 0.3) is 0 Å². The topological polar surface area (TPSA) is 23.6 Å². The van der Waals surface area contributed by atoms with Gasteiger partial charge in [-0.05, 0) is 21.1 Å². The summed E-state index contributed by atoms with van der Waals surface area (Å²) in [7, 11) is 6.00. The van der Waals surface area contributed by atoms with E-state index in [0.717, 1.165) is 23.0 Å². The summed E-state index contributed by atoms with van der Waals surface area (Å²) in [4.78, 5) is 15.8. The van der Waals surface area contributed by atoms with Crippen LogP contribution in [-0.4, -0.2) is 66.5 Å². The molecule has 0 atom stereocenters. The summed E-state index contributed by atoms with van der Waals surface area (Å²) in [6.45, 7) is 5.53. The van der Waals surface area contributed by atoms with Crippen LogP contribution in [0.2, 0.25) is 0 Å². The van der Waals surface area contributed by atoms with Crippen LogP contribution in [0.15, 0.2) is 24.3 Å². The Hall–Kier alpha value is -0.807. The molecule has 0 unspecified atom stereocenters. The fraction of sp³-hybridized carbons (Fsp3) is 0.500. The van der Waals surface area contributed by atoms with Gasteiger partial charge in [-0.1, -0.05) is 0 Å². The smallest absolute Gasteiger partial charge is 0.0140 e. The van der Waals surface area contributed by atoms with E-state index in [1.807, 2.05) is 85.6 Å². The molecule has 1 aromatic carbocycles. The molecule has 0 heterocycles. The Morgan fingerprint density at radius 2 is 1.56 bits per heavy atom. The maximum atomic E-state index is 12.0. The third kappa shape index (κ3) is 6.21. The second-order valence-corrected chi connectivity index (χ2v) is 5.49. The standard InChI is InChI=1S/C11H14GeNO.C3H9N/c1-3-13(4-2)11(14)9-7-5-6-8-10(9)12;1-4(2)3/h5-8H,3-4H2,1-2H3;1-3H3. The van der Waals surface area contributed by atoms with E-state index in [1.54, 1.807) is 0 Å². The second kappa shape index (κ2) is 9.17. The minimum absolute atomic E-state index is 0.133. The SMILES string of the molecule is CCN(CC)C(=O)c1cccc[c]1[Ge].CN(C)C. The first-order chi connectivity index (χ1) is 8.43. The summed E-state index contributed by atoms with van der Waals surface area (Å²) < 4.78 is 1.05. The number of hydrogen-bond acceptors (Lipinski definition) is 2. The van der Waals surface area contributed by atoms with Crippen molar-refractivity contribution in [1.82, 2.24) is 9.80 Å². The van der Waals surface area contributed by atoms with E-state index in [2.05, 4.69) is 0 Å². The number of benzene rings is 1. The summed E-state index contributed by atoms with van der Waals surface area (Å²) >= 11 is 1.97. The fourth-order valence-corrected chi connectivity index (χ4v) is 1.95. The van der Waals surface area contributed by atoms with Crippen LogP contribution in [0.4, 0.5) is 0 Å². The Bertz CT molecular complexity index is 360. The molecule has 1 aromatic rings. The van der Waals surface area contributed by atoms with Crippen LogP contribution in [0.3, 0.4) is 0 Å². The molecule has 0 aliphatic heterocycles. The predicted octanol–water partition coefficient (Wildman–Crippen LogP) is 1.14. The third-order valence-corrected chi connectivity index (χ3v) is 3.12. The minimum Gasteiger partial charge on any atom is -0.312 e. The number of carbonyl (C=O) groups is 1. The molecule has 0 bridgehead atoms. The maximum absolute atomic E-state index is 12.0. The molecular formula is C14H23GeN2O. The van der Waals surface area contributed by atoms with E-state index in [-0.39, 0.29) is 5.91 Å². The molecule has 0 aliphatic carbocycles. The van der Waals surface area contributed by atoms with E-state index >= 15 is 0 Å². The average molecular weight is 308 g/mol. The molecule has 0 saturated heterocycles. The van der Waals surface area contributed by atoms with Gasteiger partial charge in [0, 0.05) is 0 Å². The molecule has 0 spiro atoms. The van der Waals surface area contributed by atoms with Gasteiger partial charge in [-0.15, -0.1) is 0 Å². The van der Waals surface area contributed by atoms with Crippen molar-refractivity contribution in [3.05, 3.63) is 29.8 Å². The predicted molar refractivity (Wildman–Crippen MR) is 78.7 cm³/mol. The van der Waals surface area contributed by atoms with Crippen LogP contribution in [0.25, 0.3) is 0 Å². The molecule has 0 aliphatic rings. The monoisotopic (exact) mass is 309 g/mol. The van der Waals surface area contributed by atoms with Crippen molar-refractivity contribution in [2.75, 3.05) is 34.2 Å². The summed E-state index contributed by atoms with van der Waals surface area (Å²) in [6.07, 6.45) is 0. The van der Waals surface area contributed by atoms with Gasteiger partial charge in [0.05, 0.1) is 0 Å². The molecule has 0 saturated carbocycles. The van der Waals surface area contributed by atoms with Gasteiger partial charge in [-0.3, -0.25) is 0 Å². The van der Waals surface area contributed by atoms with E-state index in [1.165, 1.54) is 0 Å². The summed E-state index contributed by atoms with van der Waals surface area (Å²) in [5.41, 5.74) is 0.816. The molecule has 0 N–H and O–H groups in total. The maximum Gasteiger partial charge on any atom is -0.0140 e. The third-order valence-electron chi connectivity index (χ3n) is 2.21. The van der Waals surface area contributed by atoms with Crippen LogP contribution in [-0.2, 0) is 0 Å². The molecular weight excluding hydrogens is 285 g/mol. The average Bonchev–Trinajstić information content (AvgIpc) is 2.30. The zero-order valence-electron chi connectivity index (χ0n) is 12.0. The number of hydrogen-bond donors (Lipinski definition) is 0. The van der Waals surface area contributed by atoms with Crippen LogP contribution in [0.1, 0.15) is 24.2 Å². The molecule has 4 heteroatoms. The van der Waals surface area contributed by atoms with Gasteiger partial charge in [-0.25, -0.2) is 0 Å². The Kier molecular flexibility index (Phi) is 8.76. The Balaban J connectivity index is 0.000000631.